The van der Waals surface area contributed by atoms with Crippen molar-refractivity contribution < 1.29 is 33.4 Å². The highest BCUT2D eigenvalue weighted by atomic mass is 16.6. The van der Waals surface area contributed by atoms with Gasteiger partial charge in [0.25, 0.3) is 17.7 Å². The lowest BCUT2D eigenvalue weighted by Gasteiger charge is -2.32. The van der Waals surface area contributed by atoms with Gasteiger partial charge in [-0.3, -0.25) is 24.1 Å². The van der Waals surface area contributed by atoms with Gasteiger partial charge in [-0.2, -0.15) is 0 Å². The second-order valence-electron chi connectivity index (χ2n) is 9.86. The Kier molecular flexibility index (Phi) is 8.67. The summed E-state index contributed by atoms with van der Waals surface area (Å²) in [4.78, 5) is 65.0. The van der Waals surface area contributed by atoms with Crippen LogP contribution in [0.15, 0.2) is 18.2 Å². The van der Waals surface area contributed by atoms with Crippen molar-refractivity contribution in [2.24, 2.45) is 0 Å². The molecule has 2 N–H and O–H groups in total. The van der Waals surface area contributed by atoms with Gasteiger partial charge in [-0.15, -0.1) is 0 Å². The first kappa shape index (κ1) is 27.1. The maximum Gasteiger partial charge on any atom is 0.408 e. The summed E-state index contributed by atoms with van der Waals surface area (Å²) < 4.78 is 10.1. The molecule has 1 fully saturated rings. The summed E-state index contributed by atoms with van der Waals surface area (Å²) in [6.07, 6.45) is 0.987. The van der Waals surface area contributed by atoms with Crippen LogP contribution in [0.25, 0.3) is 0 Å². The van der Waals surface area contributed by atoms with E-state index >= 15 is 0 Å². The summed E-state index contributed by atoms with van der Waals surface area (Å²) in [7, 11) is 1.56. The summed E-state index contributed by atoms with van der Waals surface area (Å²) in [5.41, 5.74) is 0.237. The smallest absolute Gasteiger partial charge is 0.408 e. The lowest BCUT2D eigenvalue weighted by molar-refractivity contribution is -0.121. The van der Waals surface area contributed by atoms with Crippen LogP contribution in [0.5, 0.6) is 0 Å². The second kappa shape index (κ2) is 11.5. The van der Waals surface area contributed by atoms with E-state index in [0.717, 1.165) is 0 Å². The topological polar surface area (TPSA) is 134 Å². The molecule has 1 aromatic rings. The van der Waals surface area contributed by atoms with E-state index in [1.807, 2.05) is 0 Å². The molecule has 1 aromatic carbocycles. The number of nitrogens with zero attached hydrogens (tertiary/aromatic N) is 2. The Bertz CT molecular complexity index is 1030. The number of likely N-dealkylation sites (tertiary alicyclic amines) is 1. The molecule has 11 heteroatoms. The molecule has 2 aliphatic heterocycles. The quantitative estimate of drug-likeness (QED) is 0.407. The summed E-state index contributed by atoms with van der Waals surface area (Å²) in [5, 5.41) is 5.29. The van der Waals surface area contributed by atoms with Crippen molar-refractivity contribution in [1.29, 1.82) is 0 Å². The fourth-order valence-corrected chi connectivity index (χ4v) is 4.15. The summed E-state index contributed by atoms with van der Waals surface area (Å²) >= 11 is 0. The number of nitrogens with one attached hydrogen (secondary N) is 2. The van der Waals surface area contributed by atoms with Crippen molar-refractivity contribution in [2.45, 2.75) is 51.7 Å². The fraction of sp³-hybridized carbons (Fsp3) is 0.560. The molecule has 2 aliphatic rings. The van der Waals surface area contributed by atoms with E-state index in [9.17, 15) is 24.0 Å². The first-order valence-corrected chi connectivity index (χ1v) is 12.0. The van der Waals surface area contributed by atoms with Crippen LogP contribution in [-0.4, -0.2) is 91.1 Å². The third kappa shape index (κ3) is 6.81. The molecule has 3 rings (SSSR count). The molecule has 2 heterocycles. The normalized spacial score (nSPS) is 16.1. The maximum absolute atomic E-state index is 13.1. The standard InChI is InChI=1S/C25H34N4O7/c1-25(2,3)36-24(34)26-15-20(30)27-17-8-11-28(12-9-17)21(31)16-6-7-18-19(14-16)23(33)29(22(18)32)10-5-13-35-4/h6-7,14,17H,5,8-13,15H2,1-4H3,(H,26,34)(H,27,30). The van der Waals surface area contributed by atoms with E-state index in [-0.39, 0.29) is 42.4 Å². The van der Waals surface area contributed by atoms with Crippen LogP contribution < -0.4 is 10.6 Å². The van der Waals surface area contributed by atoms with Gasteiger partial charge in [0, 0.05) is 45.0 Å². The van der Waals surface area contributed by atoms with Crippen molar-refractivity contribution in [2.75, 3.05) is 39.9 Å². The molecule has 0 atom stereocenters. The number of rotatable bonds is 8. The molecule has 11 nitrogen and oxygen atoms in total. The molecule has 1 saturated heterocycles. The molecule has 5 amide bonds. The van der Waals surface area contributed by atoms with Gasteiger partial charge in [-0.25, -0.2) is 4.79 Å². The number of hydrogen-bond donors (Lipinski definition) is 2. The van der Waals surface area contributed by atoms with Gasteiger partial charge in [0.15, 0.2) is 0 Å². The Morgan fingerprint density at radius 1 is 1.06 bits per heavy atom. The number of carbonyl (C=O) groups is 5. The van der Waals surface area contributed by atoms with E-state index < -0.39 is 17.6 Å². The van der Waals surface area contributed by atoms with Gasteiger partial charge in [0.05, 0.1) is 11.1 Å². The van der Waals surface area contributed by atoms with Crippen LogP contribution in [0.2, 0.25) is 0 Å². The molecule has 0 bridgehead atoms. The van der Waals surface area contributed by atoms with Crippen LogP contribution in [0.4, 0.5) is 4.79 Å². The monoisotopic (exact) mass is 502 g/mol. The van der Waals surface area contributed by atoms with E-state index in [4.69, 9.17) is 9.47 Å². The minimum Gasteiger partial charge on any atom is -0.444 e. The number of imide groups is 1. The van der Waals surface area contributed by atoms with Gasteiger partial charge in [-0.05, 0) is 58.2 Å². The van der Waals surface area contributed by atoms with Gasteiger partial charge < -0.3 is 25.0 Å². The second-order valence-corrected chi connectivity index (χ2v) is 9.86. The van der Waals surface area contributed by atoms with Crippen LogP contribution >= 0.6 is 0 Å². The lowest BCUT2D eigenvalue weighted by Crippen LogP contribution is -2.49. The van der Waals surface area contributed by atoms with Gasteiger partial charge in [-0.1, -0.05) is 0 Å². The van der Waals surface area contributed by atoms with E-state index in [1.54, 1.807) is 38.8 Å². The Hall–Kier alpha value is -3.47. The predicted molar refractivity (Wildman–Crippen MR) is 130 cm³/mol. The molecule has 196 valence electrons. The van der Waals surface area contributed by atoms with Crippen molar-refractivity contribution >= 4 is 29.7 Å². The van der Waals surface area contributed by atoms with Crippen LogP contribution in [0.3, 0.4) is 0 Å². The summed E-state index contributed by atoms with van der Waals surface area (Å²) in [6, 6.07) is 4.47. The summed E-state index contributed by atoms with van der Waals surface area (Å²) in [5.74, 6) is -1.32. The molecule has 0 spiro atoms. The zero-order chi connectivity index (χ0) is 26.5. The third-order valence-corrected chi connectivity index (χ3v) is 5.89. The Morgan fingerprint density at radius 2 is 1.72 bits per heavy atom. The molecular weight excluding hydrogens is 468 g/mol. The zero-order valence-electron chi connectivity index (χ0n) is 21.2. The molecule has 0 aromatic heterocycles. The van der Waals surface area contributed by atoms with Gasteiger partial charge in [0.1, 0.15) is 12.1 Å². The van der Waals surface area contributed by atoms with Gasteiger partial charge >= 0.3 is 6.09 Å². The van der Waals surface area contributed by atoms with Crippen molar-refractivity contribution in [1.82, 2.24) is 20.4 Å². The number of alkyl carbamates (subject to hydrolysis) is 1. The Labute approximate surface area is 210 Å². The van der Waals surface area contributed by atoms with Crippen molar-refractivity contribution in [3.63, 3.8) is 0 Å². The van der Waals surface area contributed by atoms with Gasteiger partial charge in [0.2, 0.25) is 5.91 Å². The highest BCUT2D eigenvalue weighted by Crippen LogP contribution is 2.25. The molecule has 0 radical (unpaired) electrons. The van der Waals surface area contributed by atoms with E-state index in [1.165, 1.54) is 17.0 Å². The van der Waals surface area contributed by atoms with Crippen LogP contribution in [-0.2, 0) is 14.3 Å². The SMILES string of the molecule is COCCCN1C(=O)c2ccc(C(=O)N3CCC(NC(=O)CNC(=O)OC(C)(C)C)CC3)cc2C1=O. The molecule has 0 aliphatic carbocycles. The van der Waals surface area contributed by atoms with Crippen molar-refractivity contribution in [3.8, 4) is 0 Å². The fourth-order valence-electron chi connectivity index (χ4n) is 4.15. The summed E-state index contributed by atoms with van der Waals surface area (Å²) in [6.45, 7) is 6.57. The number of benzene rings is 1. The molecule has 36 heavy (non-hydrogen) atoms. The molecule has 0 unspecified atom stereocenters. The molecule has 0 saturated carbocycles. The highest BCUT2D eigenvalue weighted by molar-refractivity contribution is 6.22. The van der Waals surface area contributed by atoms with Crippen LogP contribution in [0, 0.1) is 0 Å². The highest BCUT2D eigenvalue weighted by Gasteiger charge is 2.36. The Balaban J connectivity index is 1.50. The first-order valence-electron chi connectivity index (χ1n) is 12.0. The number of carbonyl (C=O) groups excluding carboxylic acids is 5. The average molecular weight is 503 g/mol. The lowest BCUT2D eigenvalue weighted by atomic mass is 10.0. The minimum atomic E-state index is -0.661. The first-order chi connectivity index (χ1) is 17.0. The predicted octanol–water partition coefficient (Wildman–Crippen LogP) is 1.56. The average Bonchev–Trinajstić information content (AvgIpc) is 3.06. The van der Waals surface area contributed by atoms with E-state index in [0.29, 0.717) is 50.1 Å². The maximum atomic E-state index is 13.1. The minimum absolute atomic E-state index is 0.123. The van der Waals surface area contributed by atoms with Crippen molar-refractivity contribution in [3.05, 3.63) is 34.9 Å². The number of piperidine rings is 1. The number of methoxy groups -OCH3 is 1. The largest absolute Gasteiger partial charge is 0.444 e. The third-order valence-electron chi connectivity index (χ3n) is 5.89. The Morgan fingerprint density at radius 3 is 2.36 bits per heavy atom. The number of ether oxygens (including phenoxy) is 2. The zero-order valence-corrected chi connectivity index (χ0v) is 21.2. The number of amides is 5. The van der Waals surface area contributed by atoms with Crippen LogP contribution in [0.1, 0.15) is 71.1 Å². The molecular formula is C25H34N4O7. The van der Waals surface area contributed by atoms with E-state index in [2.05, 4.69) is 10.6 Å². The number of hydrogen-bond acceptors (Lipinski definition) is 7. The number of fused-ring (bicyclic) bond motifs is 1.